The van der Waals surface area contributed by atoms with E-state index in [0.29, 0.717) is 5.56 Å². The summed E-state index contributed by atoms with van der Waals surface area (Å²) in [6.45, 7) is 3.50. The number of likely N-dealkylation sites (tertiary alicyclic amines) is 1. The third kappa shape index (κ3) is 2.78. The molecule has 0 aromatic heterocycles. The summed E-state index contributed by atoms with van der Waals surface area (Å²) in [5, 5.41) is 0. The van der Waals surface area contributed by atoms with Gasteiger partial charge in [0, 0.05) is 18.7 Å². The van der Waals surface area contributed by atoms with Crippen molar-refractivity contribution in [1.29, 1.82) is 0 Å². The molecule has 96 valence electrons. The van der Waals surface area contributed by atoms with E-state index < -0.39 is 0 Å². The van der Waals surface area contributed by atoms with Gasteiger partial charge in [0.05, 0.1) is 0 Å². The van der Waals surface area contributed by atoms with Gasteiger partial charge in [-0.3, -0.25) is 9.59 Å². The van der Waals surface area contributed by atoms with E-state index in [0.717, 1.165) is 38.8 Å². The number of aryl methyl sites for hydroxylation is 1. The standard InChI is InChI=1S/C15H19NO2/c1-2-12-6-8-13(9-7-12)14(17)15(18)16-10-4-3-5-11-16/h6-9H,2-5,10-11H2,1H3. The lowest BCUT2D eigenvalue weighted by atomic mass is 10.0. The van der Waals surface area contributed by atoms with E-state index in [1.807, 2.05) is 12.1 Å². The lowest BCUT2D eigenvalue weighted by molar-refractivity contribution is -0.127. The van der Waals surface area contributed by atoms with Gasteiger partial charge in [0.1, 0.15) is 0 Å². The van der Waals surface area contributed by atoms with Crippen molar-refractivity contribution < 1.29 is 9.59 Å². The van der Waals surface area contributed by atoms with Gasteiger partial charge in [-0.05, 0) is 31.2 Å². The Morgan fingerprint density at radius 2 is 1.67 bits per heavy atom. The van der Waals surface area contributed by atoms with E-state index in [9.17, 15) is 9.59 Å². The number of piperidine rings is 1. The number of nitrogens with zero attached hydrogens (tertiary/aromatic N) is 1. The lowest BCUT2D eigenvalue weighted by Gasteiger charge is -2.25. The van der Waals surface area contributed by atoms with Crippen LogP contribution in [0.25, 0.3) is 0 Å². The summed E-state index contributed by atoms with van der Waals surface area (Å²) < 4.78 is 0. The van der Waals surface area contributed by atoms with Gasteiger partial charge in [0.25, 0.3) is 5.91 Å². The first-order valence-corrected chi connectivity index (χ1v) is 6.65. The summed E-state index contributed by atoms with van der Waals surface area (Å²) in [7, 11) is 0. The first-order valence-electron chi connectivity index (χ1n) is 6.65. The molecule has 1 heterocycles. The van der Waals surface area contributed by atoms with Crippen LogP contribution in [0.2, 0.25) is 0 Å². The molecule has 0 N–H and O–H groups in total. The minimum absolute atomic E-state index is 0.348. The van der Waals surface area contributed by atoms with Gasteiger partial charge in [0.2, 0.25) is 5.78 Å². The van der Waals surface area contributed by atoms with Crippen LogP contribution < -0.4 is 0 Å². The largest absolute Gasteiger partial charge is 0.336 e. The Hall–Kier alpha value is -1.64. The van der Waals surface area contributed by atoms with Gasteiger partial charge >= 0.3 is 0 Å². The Morgan fingerprint density at radius 1 is 1.06 bits per heavy atom. The maximum Gasteiger partial charge on any atom is 0.294 e. The molecule has 3 heteroatoms. The van der Waals surface area contributed by atoms with Crippen LogP contribution in [0.4, 0.5) is 0 Å². The van der Waals surface area contributed by atoms with Crippen molar-refractivity contribution in [2.45, 2.75) is 32.6 Å². The molecule has 1 aliphatic heterocycles. The number of ketones is 1. The number of rotatable bonds is 3. The molecular weight excluding hydrogens is 226 g/mol. The minimum Gasteiger partial charge on any atom is -0.336 e. The Bertz CT molecular complexity index is 430. The second-order valence-corrected chi connectivity index (χ2v) is 4.73. The molecule has 2 rings (SSSR count). The predicted molar refractivity (Wildman–Crippen MR) is 70.6 cm³/mol. The molecule has 0 aliphatic carbocycles. The van der Waals surface area contributed by atoms with Gasteiger partial charge in [-0.15, -0.1) is 0 Å². The maximum absolute atomic E-state index is 12.1. The molecular formula is C15H19NO2. The van der Waals surface area contributed by atoms with Crippen molar-refractivity contribution in [3.63, 3.8) is 0 Å². The molecule has 0 unspecified atom stereocenters. The number of carbonyl (C=O) groups excluding carboxylic acids is 2. The van der Waals surface area contributed by atoms with Gasteiger partial charge in [0.15, 0.2) is 0 Å². The number of hydrogen-bond acceptors (Lipinski definition) is 2. The topological polar surface area (TPSA) is 37.4 Å². The van der Waals surface area contributed by atoms with Crippen LogP contribution in [-0.2, 0) is 11.2 Å². The summed E-state index contributed by atoms with van der Waals surface area (Å²) in [4.78, 5) is 25.8. The van der Waals surface area contributed by atoms with Crippen molar-refractivity contribution in [1.82, 2.24) is 4.90 Å². The first-order chi connectivity index (χ1) is 8.72. The monoisotopic (exact) mass is 245 g/mol. The zero-order valence-corrected chi connectivity index (χ0v) is 10.8. The van der Waals surface area contributed by atoms with E-state index in [1.165, 1.54) is 5.56 Å². The fourth-order valence-electron chi connectivity index (χ4n) is 2.26. The second-order valence-electron chi connectivity index (χ2n) is 4.73. The van der Waals surface area contributed by atoms with E-state index in [4.69, 9.17) is 0 Å². The van der Waals surface area contributed by atoms with Crippen LogP contribution in [0.15, 0.2) is 24.3 Å². The summed E-state index contributed by atoms with van der Waals surface area (Å²) >= 11 is 0. The molecule has 0 saturated carbocycles. The molecule has 1 fully saturated rings. The summed E-state index contributed by atoms with van der Waals surface area (Å²) in [6.07, 6.45) is 4.11. The minimum atomic E-state index is -0.375. The van der Waals surface area contributed by atoms with Crippen molar-refractivity contribution in [2.24, 2.45) is 0 Å². The second kappa shape index (κ2) is 5.80. The lowest BCUT2D eigenvalue weighted by Crippen LogP contribution is -2.40. The van der Waals surface area contributed by atoms with Crippen LogP contribution >= 0.6 is 0 Å². The Morgan fingerprint density at radius 3 is 2.22 bits per heavy atom. The third-order valence-electron chi connectivity index (χ3n) is 3.46. The molecule has 1 saturated heterocycles. The smallest absolute Gasteiger partial charge is 0.294 e. The number of carbonyl (C=O) groups is 2. The number of hydrogen-bond donors (Lipinski definition) is 0. The SMILES string of the molecule is CCc1ccc(C(=O)C(=O)N2CCCCC2)cc1. The zero-order valence-electron chi connectivity index (χ0n) is 10.8. The van der Waals surface area contributed by atoms with Gasteiger partial charge in [-0.25, -0.2) is 0 Å². The van der Waals surface area contributed by atoms with E-state index >= 15 is 0 Å². The first kappa shape index (κ1) is 12.8. The van der Waals surface area contributed by atoms with Crippen molar-refractivity contribution in [3.8, 4) is 0 Å². The van der Waals surface area contributed by atoms with Crippen molar-refractivity contribution in [2.75, 3.05) is 13.1 Å². The summed E-state index contributed by atoms with van der Waals surface area (Å²) in [5.74, 6) is -0.724. The molecule has 0 spiro atoms. The molecule has 0 bridgehead atoms. The highest BCUT2D eigenvalue weighted by Crippen LogP contribution is 2.12. The highest BCUT2D eigenvalue weighted by atomic mass is 16.2. The van der Waals surface area contributed by atoms with Gasteiger partial charge in [-0.1, -0.05) is 31.2 Å². The fourth-order valence-corrected chi connectivity index (χ4v) is 2.26. The molecule has 1 amide bonds. The third-order valence-corrected chi connectivity index (χ3v) is 3.46. The Kier molecular flexibility index (Phi) is 4.13. The number of benzene rings is 1. The van der Waals surface area contributed by atoms with E-state index in [1.54, 1.807) is 17.0 Å². The molecule has 0 radical (unpaired) electrons. The van der Waals surface area contributed by atoms with Crippen LogP contribution in [0, 0.1) is 0 Å². The van der Waals surface area contributed by atoms with E-state index in [2.05, 4.69) is 6.92 Å². The molecule has 18 heavy (non-hydrogen) atoms. The average molecular weight is 245 g/mol. The zero-order chi connectivity index (χ0) is 13.0. The van der Waals surface area contributed by atoms with Gasteiger partial charge in [-0.2, -0.15) is 0 Å². The predicted octanol–water partition coefficient (Wildman–Crippen LogP) is 2.44. The normalized spacial score (nSPS) is 15.5. The Labute approximate surface area is 108 Å². The Balaban J connectivity index is 2.07. The number of Topliss-reactive ketones (excluding diaryl/α,β-unsaturated/α-hetero) is 1. The van der Waals surface area contributed by atoms with Crippen LogP contribution in [0.1, 0.15) is 42.1 Å². The van der Waals surface area contributed by atoms with Crippen LogP contribution in [-0.4, -0.2) is 29.7 Å². The van der Waals surface area contributed by atoms with E-state index in [-0.39, 0.29) is 11.7 Å². The molecule has 0 atom stereocenters. The quantitative estimate of drug-likeness (QED) is 0.606. The fraction of sp³-hybridized carbons (Fsp3) is 0.467. The average Bonchev–Trinajstić information content (AvgIpc) is 2.47. The van der Waals surface area contributed by atoms with Crippen molar-refractivity contribution in [3.05, 3.63) is 35.4 Å². The summed E-state index contributed by atoms with van der Waals surface area (Å²) in [5.41, 5.74) is 1.68. The number of amides is 1. The highest BCUT2D eigenvalue weighted by Gasteiger charge is 2.24. The molecule has 3 nitrogen and oxygen atoms in total. The van der Waals surface area contributed by atoms with Crippen LogP contribution in [0.3, 0.4) is 0 Å². The van der Waals surface area contributed by atoms with Crippen molar-refractivity contribution >= 4 is 11.7 Å². The molecule has 1 aromatic rings. The molecule has 1 aromatic carbocycles. The highest BCUT2D eigenvalue weighted by molar-refractivity contribution is 6.42. The van der Waals surface area contributed by atoms with Crippen LogP contribution in [0.5, 0.6) is 0 Å². The van der Waals surface area contributed by atoms with Gasteiger partial charge < -0.3 is 4.90 Å². The summed E-state index contributed by atoms with van der Waals surface area (Å²) in [6, 6.07) is 7.33. The maximum atomic E-state index is 12.1. The molecule has 1 aliphatic rings.